The van der Waals surface area contributed by atoms with Gasteiger partial charge in [-0.15, -0.1) is 0 Å². The molecule has 0 spiro atoms. The Morgan fingerprint density at radius 2 is 1.16 bits per heavy atom. The van der Waals surface area contributed by atoms with E-state index in [1.165, 1.54) is 11.1 Å². The number of para-hydroxylation sites is 1. The van der Waals surface area contributed by atoms with Crippen molar-refractivity contribution in [2.45, 2.75) is 6.23 Å². The van der Waals surface area contributed by atoms with Crippen LogP contribution in [0.3, 0.4) is 0 Å². The highest BCUT2D eigenvalue weighted by atomic mass is 16.5. The average Bonchev–Trinajstić information content (AvgIpc) is 3.72. The molecule has 0 saturated heterocycles. The smallest absolute Gasteiger partial charge is 0.196 e. The number of fused-ring (bicyclic) bond motifs is 6. The maximum atomic E-state index is 6.30. The van der Waals surface area contributed by atoms with E-state index >= 15 is 0 Å². The van der Waals surface area contributed by atoms with E-state index in [1.807, 2.05) is 36.4 Å². The van der Waals surface area contributed by atoms with Crippen LogP contribution in [0.4, 0.5) is 22.7 Å². The molecule has 8 aromatic rings. The predicted molar refractivity (Wildman–Crippen MR) is 185 cm³/mol. The number of benzene rings is 7. The van der Waals surface area contributed by atoms with Gasteiger partial charge in [0.1, 0.15) is 16.9 Å². The fraction of sp³-hybridized carbons (Fsp3) is 0.0244. The molecule has 1 aliphatic rings. The first-order valence-corrected chi connectivity index (χ1v) is 15.2. The number of hydrogen-bond donors (Lipinski definition) is 1. The Morgan fingerprint density at radius 3 is 2.00 bits per heavy atom. The zero-order chi connectivity index (χ0) is 29.7. The van der Waals surface area contributed by atoms with Crippen LogP contribution in [-0.4, -0.2) is 0 Å². The van der Waals surface area contributed by atoms with Crippen molar-refractivity contribution in [2.24, 2.45) is 0 Å². The molecule has 0 amide bonds. The molecule has 4 nitrogen and oxygen atoms in total. The van der Waals surface area contributed by atoms with Crippen molar-refractivity contribution >= 4 is 55.5 Å². The first kappa shape index (κ1) is 25.5. The van der Waals surface area contributed by atoms with Crippen LogP contribution < -0.4 is 15.0 Å². The number of furan rings is 1. The molecule has 1 unspecified atom stereocenters. The first-order valence-electron chi connectivity index (χ1n) is 15.2. The van der Waals surface area contributed by atoms with E-state index in [2.05, 4.69) is 132 Å². The summed E-state index contributed by atoms with van der Waals surface area (Å²) in [5.74, 6) is 0.870. The molecular formula is C41H28N2O2. The largest absolute Gasteiger partial charge is 0.464 e. The van der Waals surface area contributed by atoms with Crippen molar-refractivity contribution < 1.29 is 9.15 Å². The maximum Gasteiger partial charge on any atom is 0.196 e. The Labute approximate surface area is 260 Å². The van der Waals surface area contributed by atoms with Crippen molar-refractivity contribution in [2.75, 3.05) is 10.2 Å². The summed E-state index contributed by atoms with van der Waals surface area (Å²) in [5.41, 5.74) is 9.50. The Hall–Kier alpha value is -6.00. The zero-order valence-electron chi connectivity index (χ0n) is 24.4. The third-order valence-electron chi connectivity index (χ3n) is 8.70. The van der Waals surface area contributed by atoms with Crippen LogP contribution in [0.5, 0.6) is 5.75 Å². The Morgan fingerprint density at radius 1 is 0.489 bits per heavy atom. The molecule has 0 aliphatic carbocycles. The summed E-state index contributed by atoms with van der Waals surface area (Å²) in [6.45, 7) is 0. The summed E-state index contributed by atoms with van der Waals surface area (Å²) in [6.07, 6.45) is -0.206. The van der Waals surface area contributed by atoms with Gasteiger partial charge in [-0.25, -0.2) is 0 Å². The quantitative estimate of drug-likeness (QED) is 0.220. The molecule has 45 heavy (non-hydrogen) atoms. The SMILES string of the molecule is c1ccc(-c2ccc(N(c3ccc4c5c(ccc4c3)OC(c3ccccc3)N5)c3ccc4oc5ccccc5c4c3)cc2)cc1. The fourth-order valence-corrected chi connectivity index (χ4v) is 6.48. The molecule has 4 heteroatoms. The second-order valence-corrected chi connectivity index (χ2v) is 11.4. The van der Waals surface area contributed by atoms with E-state index in [0.717, 1.165) is 66.8 Å². The summed E-state index contributed by atoms with van der Waals surface area (Å²) in [4.78, 5) is 2.32. The van der Waals surface area contributed by atoms with E-state index in [4.69, 9.17) is 9.15 Å². The van der Waals surface area contributed by atoms with Crippen molar-refractivity contribution in [3.8, 4) is 16.9 Å². The lowest BCUT2D eigenvalue weighted by molar-refractivity contribution is 0.260. The van der Waals surface area contributed by atoms with Gasteiger partial charge in [-0.2, -0.15) is 0 Å². The molecule has 1 aliphatic heterocycles. The summed E-state index contributed by atoms with van der Waals surface area (Å²) in [5, 5.41) is 8.09. The maximum absolute atomic E-state index is 6.30. The van der Waals surface area contributed by atoms with Gasteiger partial charge >= 0.3 is 0 Å². The van der Waals surface area contributed by atoms with Gasteiger partial charge < -0.3 is 19.4 Å². The molecule has 0 bridgehead atoms. The monoisotopic (exact) mass is 580 g/mol. The highest BCUT2D eigenvalue weighted by molar-refractivity contribution is 6.07. The number of rotatable bonds is 5. The summed E-state index contributed by atoms with van der Waals surface area (Å²) >= 11 is 0. The van der Waals surface area contributed by atoms with Crippen molar-refractivity contribution in [3.05, 3.63) is 163 Å². The number of ether oxygens (including phenoxy) is 1. The van der Waals surface area contributed by atoms with Gasteiger partial charge in [-0.05, 0) is 71.1 Å². The van der Waals surface area contributed by atoms with Gasteiger partial charge in [0.2, 0.25) is 0 Å². The molecule has 0 fully saturated rings. The first-order chi connectivity index (χ1) is 22.3. The van der Waals surface area contributed by atoms with E-state index < -0.39 is 0 Å². The lowest BCUT2D eigenvalue weighted by Gasteiger charge is -2.26. The van der Waals surface area contributed by atoms with E-state index in [0.29, 0.717) is 0 Å². The average molecular weight is 581 g/mol. The van der Waals surface area contributed by atoms with Crippen LogP contribution in [-0.2, 0) is 0 Å². The molecule has 2 heterocycles. The standard InChI is InChI=1S/C41H28N2O2/c1-3-9-27(10-4-1)28-15-18-31(19-16-28)43(33-21-24-38-36(26-33)35-13-7-8-14-37(35)44-38)32-20-22-34-30(25-32)17-23-39-40(34)42-41(45-39)29-11-5-2-6-12-29/h1-26,41-42H. The third kappa shape index (κ3) is 4.38. The van der Waals surface area contributed by atoms with Gasteiger partial charge in [-0.3, -0.25) is 0 Å². The van der Waals surface area contributed by atoms with Gasteiger partial charge in [-0.1, -0.05) is 103 Å². The minimum Gasteiger partial charge on any atom is -0.464 e. The van der Waals surface area contributed by atoms with Gasteiger partial charge in [0, 0.05) is 38.8 Å². The predicted octanol–water partition coefficient (Wildman–Crippen LogP) is 11.4. The number of nitrogens with one attached hydrogen (secondary N) is 1. The van der Waals surface area contributed by atoms with E-state index in [-0.39, 0.29) is 6.23 Å². The minimum absolute atomic E-state index is 0.206. The molecule has 0 radical (unpaired) electrons. The normalized spacial score (nSPS) is 13.9. The Kier molecular flexibility index (Phi) is 5.85. The van der Waals surface area contributed by atoms with Gasteiger partial charge in [0.05, 0.1) is 5.69 Å². The van der Waals surface area contributed by atoms with Crippen LogP contribution in [0.1, 0.15) is 11.8 Å². The van der Waals surface area contributed by atoms with Crippen LogP contribution >= 0.6 is 0 Å². The Bertz CT molecular complexity index is 2330. The lowest BCUT2D eigenvalue weighted by Crippen LogP contribution is -2.10. The van der Waals surface area contributed by atoms with Crippen LogP contribution in [0.25, 0.3) is 43.8 Å². The lowest BCUT2D eigenvalue weighted by atomic mass is 10.0. The molecule has 0 saturated carbocycles. The van der Waals surface area contributed by atoms with Crippen molar-refractivity contribution in [3.63, 3.8) is 0 Å². The second kappa shape index (κ2) is 10.3. The third-order valence-corrected chi connectivity index (χ3v) is 8.70. The Balaban J connectivity index is 1.16. The minimum atomic E-state index is -0.206. The zero-order valence-corrected chi connectivity index (χ0v) is 24.4. The molecule has 9 rings (SSSR count). The number of hydrogen-bond acceptors (Lipinski definition) is 4. The molecular weight excluding hydrogens is 552 g/mol. The topological polar surface area (TPSA) is 37.6 Å². The van der Waals surface area contributed by atoms with Gasteiger partial charge in [0.15, 0.2) is 6.23 Å². The highest BCUT2D eigenvalue weighted by Crippen LogP contribution is 2.45. The summed E-state index contributed by atoms with van der Waals surface area (Å²) in [6, 6.07) is 55.1. The fourth-order valence-electron chi connectivity index (χ4n) is 6.48. The number of nitrogens with zero attached hydrogens (tertiary/aromatic N) is 1. The summed E-state index contributed by atoms with van der Waals surface area (Å²) in [7, 11) is 0. The van der Waals surface area contributed by atoms with Gasteiger partial charge in [0.25, 0.3) is 0 Å². The van der Waals surface area contributed by atoms with Crippen LogP contribution in [0, 0.1) is 0 Å². The molecule has 1 atom stereocenters. The molecule has 1 N–H and O–H groups in total. The second-order valence-electron chi connectivity index (χ2n) is 11.4. The highest BCUT2D eigenvalue weighted by Gasteiger charge is 2.25. The van der Waals surface area contributed by atoms with Crippen LogP contribution in [0.15, 0.2) is 162 Å². The van der Waals surface area contributed by atoms with E-state index in [9.17, 15) is 0 Å². The molecule has 7 aromatic carbocycles. The van der Waals surface area contributed by atoms with Crippen LogP contribution in [0.2, 0.25) is 0 Å². The molecule has 214 valence electrons. The number of anilines is 4. The van der Waals surface area contributed by atoms with E-state index in [1.54, 1.807) is 0 Å². The van der Waals surface area contributed by atoms with Crippen molar-refractivity contribution in [1.29, 1.82) is 0 Å². The summed E-state index contributed by atoms with van der Waals surface area (Å²) < 4.78 is 12.5. The van der Waals surface area contributed by atoms with Crippen molar-refractivity contribution in [1.82, 2.24) is 0 Å². The molecule has 1 aromatic heterocycles.